The Balaban J connectivity index is 1.80. The van der Waals surface area contributed by atoms with Crippen molar-refractivity contribution in [3.05, 3.63) is 47.4 Å². The maximum absolute atomic E-state index is 12.7. The third-order valence-corrected chi connectivity index (χ3v) is 4.43. The van der Waals surface area contributed by atoms with Gasteiger partial charge in [0.25, 0.3) is 5.91 Å². The molecule has 0 saturated carbocycles. The van der Waals surface area contributed by atoms with Crippen molar-refractivity contribution in [1.29, 1.82) is 0 Å². The van der Waals surface area contributed by atoms with E-state index in [4.69, 9.17) is 17.0 Å². The summed E-state index contributed by atoms with van der Waals surface area (Å²) in [4.78, 5) is 14.2. The zero-order valence-corrected chi connectivity index (χ0v) is 16.7. The van der Waals surface area contributed by atoms with Gasteiger partial charge in [-0.15, -0.1) is 0 Å². The zero-order valence-electron chi connectivity index (χ0n) is 15.9. The molecule has 0 unspecified atom stereocenters. The van der Waals surface area contributed by atoms with Crippen LogP contribution in [0.25, 0.3) is 6.08 Å². The van der Waals surface area contributed by atoms with Gasteiger partial charge in [-0.05, 0) is 49.8 Å². The Morgan fingerprint density at radius 1 is 1.31 bits per heavy atom. The lowest BCUT2D eigenvalue weighted by molar-refractivity contribution is -0.122. The number of halogens is 2. The Hall–Kier alpha value is -3.01. The second-order valence-electron chi connectivity index (χ2n) is 6.10. The van der Waals surface area contributed by atoms with Crippen LogP contribution in [0.15, 0.2) is 36.3 Å². The Bertz CT molecular complexity index is 945. The highest BCUT2D eigenvalue weighted by atomic mass is 32.1. The van der Waals surface area contributed by atoms with E-state index in [9.17, 15) is 13.6 Å². The molecule has 10 heteroatoms. The molecule has 3 rings (SSSR count). The number of aromatic nitrogens is 2. The van der Waals surface area contributed by atoms with E-state index in [-0.39, 0.29) is 34.8 Å². The van der Waals surface area contributed by atoms with Crippen LogP contribution < -0.4 is 14.8 Å². The number of carbonyl (C=O) groups excluding carboxylic acids is 1. The molecule has 0 atom stereocenters. The lowest BCUT2D eigenvalue weighted by atomic mass is 10.1. The number of carbonyl (C=O) groups is 1. The van der Waals surface area contributed by atoms with E-state index in [0.29, 0.717) is 12.1 Å². The monoisotopic (exact) mass is 422 g/mol. The summed E-state index contributed by atoms with van der Waals surface area (Å²) in [7, 11) is 0. The molecule has 154 valence electrons. The van der Waals surface area contributed by atoms with Crippen LogP contribution in [0.5, 0.6) is 11.5 Å². The Kier molecular flexibility index (Phi) is 6.42. The fourth-order valence-corrected chi connectivity index (χ4v) is 3.06. The van der Waals surface area contributed by atoms with Crippen molar-refractivity contribution in [3.63, 3.8) is 0 Å². The fraction of sp³-hybridized carbons (Fsp3) is 0.316. The van der Waals surface area contributed by atoms with Crippen LogP contribution in [-0.4, -0.2) is 38.9 Å². The average molecular weight is 422 g/mol. The van der Waals surface area contributed by atoms with Crippen LogP contribution in [0, 0.1) is 0 Å². The first-order valence-corrected chi connectivity index (χ1v) is 9.39. The first-order chi connectivity index (χ1) is 13.9. The summed E-state index contributed by atoms with van der Waals surface area (Å²) in [5.41, 5.74) is 1.72. The van der Waals surface area contributed by atoms with Crippen LogP contribution in [-0.2, 0) is 17.9 Å². The maximum atomic E-state index is 12.7. The highest BCUT2D eigenvalue weighted by Gasteiger charge is 2.31. The predicted molar refractivity (Wildman–Crippen MR) is 106 cm³/mol. The molecular weight excluding hydrogens is 402 g/mol. The van der Waals surface area contributed by atoms with E-state index >= 15 is 0 Å². The number of benzene rings is 1. The van der Waals surface area contributed by atoms with Crippen molar-refractivity contribution in [1.82, 2.24) is 20.0 Å². The van der Waals surface area contributed by atoms with E-state index in [1.54, 1.807) is 29.9 Å². The molecule has 1 N–H and O–H groups in total. The van der Waals surface area contributed by atoms with Gasteiger partial charge in [0.15, 0.2) is 16.6 Å². The largest absolute Gasteiger partial charge is 0.490 e. The highest BCUT2D eigenvalue weighted by molar-refractivity contribution is 7.80. The van der Waals surface area contributed by atoms with E-state index < -0.39 is 6.61 Å². The number of aryl methyl sites for hydroxylation is 1. The summed E-state index contributed by atoms with van der Waals surface area (Å²) in [5.74, 6) is -0.191. The molecule has 1 amide bonds. The number of hydrogen-bond donors (Lipinski definition) is 1. The Morgan fingerprint density at radius 3 is 2.76 bits per heavy atom. The molecule has 0 aliphatic carbocycles. The second-order valence-corrected chi connectivity index (χ2v) is 6.49. The average Bonchev–Trinajstić information content (AvgIpc) is 3.24. The highest BCUT2D eigenvalue weighted by Crippen LogP contribution is 2.31. The lowest BCUT2D eigenvalue weighted by Gasteiger charge is -2.12. The molecule has 1 aromatic carbocycles. The molecule has 29 heavy (non-hydrogen) atoms. The van der Waals surface area contributed by atoms with Crippen LogP contribution in [0.2, 0.25) is 0 Å². The molecule has 0 radical (unpaired) electrons. The van der Waals surface area contributed by atoms with E-state index in [1.807, 2.05) is 13.1 Å². The molecule has 2 aromatic rings. The van der Waals surface area contributed by atoms with Crippen LogP contribution in [0.3, 0.4) is 0 Å². The van der Waals surface area contributed by atoms with E-state index in [0.717, 1.165) is 12.1 Å². The second kappa shape index (κ2) is 8.99. The number of amides is 1. The van der Waals surface area contributed by atoms with Crippen LogP contribution in [0.1, 0.15) is 25.0 Å². The molecule has 1 fully saturated rings. The van der Waals surface area contributed by atoms with Crippen molar-refractivity contribution in [3.8, 4) is 11.5 Å². The first-order valence-electron chi connectivity index (χ1n) is 8.98. The summed E-state index contributed by atoms with van der Waals surface area (Å²) in [6.07, 6.45) is 5.13. The van der Waals surface area contributed by atoms with Crippen molar-refractivity contribution in [2.45, 2.75) is 33.5 Å². The molecule has 2 heterocycles. The molecule has 1 saturated heterocycles. The summed E-state index contributed by atoms with van der Waals surface area (Å²) in [5, 5.41) is 7.37. The Morgan fingerprint density at radius 2 is 2.10 bits per heavy atom. The van der Waals surface area contributed by atoms with Gasteiger partial charge >= 0.3 is 6.61 Å². The Labute approximate surface area is 171 Å². The van der Waals surface area contributed by atoms with Gasteiger partial charge in [0.05, 0.1) is 19.3 Å². The van der Waals surface area contributed by atoms with Crippen LogP contribution in [0.4, 0.5) is 8.78 Å². The van der Waals surface area contributed by atoms with Crippen LogP contribution >= 0.6 is 12.2 Å². The van der Waals surface area contributed by atoms with Crippen molar-refractivity contribution < 1.29 is 23.0 Å². The van der Waals surface area contributed by atoms with Crippen molar-refractivity contribution in [2.75, 3.05) is 6.61 Å². The first kappa shape index (κ1) is 20.7. The minimum Gasteiger partial charge on any atom is -0.490 e. The van der Waals surface area contributed by atoms with Gasteiger partial charge in [-0.3, -0.25) is 14.4 Å². The van der Waals surface area contributed by atoms with E-state index in [2.05, 4.69) is 15.2 Å². The van der Waals surface area contributed by atoms with Gasteiger partial charge in [-0.1, -0.05) is 6.07 Å². The van der Waals surface area contributed by atoms with E-state index in [1.165, 1.54) is 17.0 Å². The fourth-order valence-electron chi connectivity index (χ4n) is 2.80. The molecular formula is C19H20F2N4O3S. The van der Waals surface area contributed by atoms with Gasteiger partial charge in [-0.2, -0.15) is 13.9 Å². The molecule has 1 aromatic heterocycles. The topological polar surface area (TPSA) is 68.6 Å². The molecule has 1 aliphatic rings. The SMILES string of the molecule is CCOc1cc(/C=C2/NC(=S)N(Cc3cnn(CC)c3)C2=O)ccc1OC(F)F. The molecule has 0 spiro atoms. The minimum atomic E-state index is -2.96. The normalized spacial score (nSPS) is 15.3. The molecule has 1 aliphatic heterocycles. The number of ether oxygens (including phenoxy) is 2. The third kappa shape index (κ3) is 4.89. The standard InChI is InChI=1S/C19H20F2N4O3S/c1-3-24-10-13(9-22-24)11-25-17(26)14(23-19(25)29)7-12-5-6-15(28-18(20)21)16(8-12)27-4-2/h5-10,18H,3-4,11H2,1-2H3,(H,23,29)/b14-7+. The smallest absolute Gasteiger partial charge is 0.387 e. The summed E-state index contributed by atoms with van der Waals surface area (Å²) < 4.78 is 36.7. The molecule has 7 nitrogen and oxygen atoms in total. The number of nitrogens with zero attached hydrogens (tertiary/aromatic N) is 3. The summed E-state index contributed by atoms with van der Waals surface area (Å²) >= 11 is 5.28. The number of nitrogens with one attached hydrogen (secondary N) is 1. The number of alkyl halides is 2. The third-order valence-electron chi connectivity index (χ3n) is 4.11. The van der Waals surface area contributed by atoms with Gasteiger partial charge in [0, 0.05) is 18.3 Å². The summed E-state index contributed by atoms with van der Waals surface area (Å²) in [6, 6.07) is 4.46. The predicted octanol–water partition coefficient (Wildman–Crippen LogP) is 3.16. The van der Waals surface area contributed by atoms with Crippen molar-refractivity contribution in [2.24, 2.45) is 0 Å². The maximum Gasteiger partial charge on any atom is 0.387 e. The summed E-state index contributed by atoms with van der Waals surface area (Å²) in [6.45, 7) is 2.05. The minimum absolute atomic E-state index is 0.0696. The van der Waals surface area contributed by atoms with Gasteiger partial charge in [0.2, 0.25) is 0 Å². The number of hydrogen-bond acceptors (Lipinski definition) is 5. The number of rotatable bonds is 8. The molecule has 0 bridgehead atoms. The van der Waals surface area contributed by atoms with Gasteiger partial charge in [-0.25, -0.2) is 0 Å². The number of thiocarbonyl (C=S) groups is 1. The van der Waals surface area contributed by atoms with Gasteiger partial charge in [0.1, 0.15) is 5.70 Å². The zero-order chi connectivity index (χ0) is 21.0. The lowest BCUT2D eigenvalue weighted by Crippen LogP contribution is -2.29. The quantitative estimate of drug-likeness (QED) is 0.521. The van der Waals surface area contributed by atoms with Gasteiger partial charge < -0.3 is 14.8 Å². The van der Waals surface area contributed by atoms with Crippen molar-refractivity contribution >= 4 is 29.3 Å².